The van der Waals surface area contributed by atoms with Crippen LogP contribution in [0.5, 0.6) is 0 Å². The number of thiophene rings is 1. The lowest BCUT2D eigenvalue weighted by molar-refractivity contribution is -0.120. The molecular formula is C14H24N2OS. The predicted octanol–water partition coefficient (Wildman–Crippen LogP) is 2.43. The smallest absolute Gasteiger partial charge is 0.233 e. The van der Waals surface area contributed by atoms with E-state index in [1.54, 1.807) is 11.3 Å². The second-order valence-corrected chi connectivity index (χ2v) is 5.93. The molecule has 1 amide bonds. The van der Waals surface area contributed by atoms with Crippen LogP contribution in [0.1, 0.15) is 32.8 Å². The van der Waals surface area contributed by atoms with E-state index in [0.29, 0.717) is 18.5 Å². The van der Waals surface area contributed by atoms with Crippen LogP contribution in [-0.4, -0.2) is 25.0 Å². The largest absolute Gasteiger partial charge is 0.355 e. The summed E-state index contributed by atoms with van der Waals surface area (Å²) in [5.41, 5.74) is 1.33. The summed E-state index contributed by atoms with van der Waals surface area (Å²) in [6, 6.07) is 2.46. The lowest BCUT2D eigenvalue weighted by Gasteiger charge is -2.13. The Labute approximate surface area is 114 Å². The van der Waals surface area contributed by atoms with Gasteiger partial charge in [0.25, 0.3) is 0 Å². The fraction of sp³-hybridized carbons (Fsp3) is 0.643. The van der Waals surface area contributed by atoms with Gasteiger partial charge in [-0.15, -0.1) is 0 Å². The Morgan fingerprint density at radius 3 is 2.78 bits per heavy atom. The predicted molar refractivity (Wildman–Crippen MR) is 78.0 cm³/mol. The zero-order valence-electron chi connectivity index (χ0n) is 11.5. The van der Waals surface area contributed by atoms with E-state index in [9.17, 15) is 4.79 Å². The summed E-state index contributed by atoms with van der Waals surface area (Å²) < 4.78 is 0. The van der Waals surface area contributed by atoms with Gasteiger partial charge in [-0.3, -0.25) is 4.79 Å². The molecule has 0 spiro atoms. The van der Waals surface area contributed by atoms with Crippen LogP contribution in [0.4, 0.5) is 0 Å². The lowest BCUT2D eigenvalue weighted by atomic mass is 10.1. The van der Waals surface area contributed by atoms with Crippen molar-refractivity contribution in [2.75, 3.05) is 13.1 Å². The van der Waals surface area contributed by atoms with Crippen LogP contribution in [-0.2, 0) is 11.2 Å². The van der Waals surface area contributed by atoms with Crippen LogP contribution >= 0.6 is 11.3 Å². The number of carbonyl (C=O) groups excluding carboxylic acids is 1. The minimum Gasteiger partial charge on any atom is -0.355 e. The number of rotatable bonds is 8. The maximum absolute atomic E-state index is 11.6. The molecule has 2 N–H and O–H groups in total. The first-order valence-corrected chi connectivity index (χ1v) is 7.53. The summed E-state index contributed by atoms with van der Waals surface area (Å²) >= 11 is 1.71. The Morgan fingerprint density at radius 1 is 1.39 bits per heavy atom. The molecule has 0 saturated carbocycles. The van der Waals surface area contributed by atoms with Gasteiger partial charge in [0.15, 0.2) is 0 Å². The number of amides is 1. The first kappa shape index (κ1) is 15.2. The summed E-state index contributed by atoms with van der Waals surface area (Å²) in [6.07, 6.45) is 2.01. The fourth-order valence-corrected chi connectivity index (χ4v) is 2.35. The molecule has 1 aromatic rings. The monoisotopic (exact) mass is 268 g/mol. The zero-order valence-corrected chi connectivity index (χ0v) is 12.3. The van der Waals surface area contributed by atoms with E-state index in [-0.39, 0.29) is 5.91 Å². The third-order valence-electron chi connectivity index (χ3n) is 2.78. The maximum Gasteiger partial charge on any atom is 0.233 e. The molecule has 0 bridgehead atoms. The Hall–Kier alpha value is -0.870. The second-order valence-electron chi connectivity index (χ2n) is 5.15. The van der Waals surface area contributed by atoms with Gasteiger partial charge in [0.05, 0.1) is 6.54 Å². The van der Waals surface area contributed by atoms with Gasteiger partial charge in [-0.2, -0.15) is 11.3 Å². The van der Waals surface area contributed by atoms with Crippen LogP contribution in [0, 0.1) is 5.92 Å². The van der Waals surface area contributed by atoms with Gasteiger partial charge in [-0.25, -0.2) is 0 Å². The summed E-state index contributed by atoms with van der Waals surface area (Å²) in [5.74, 6) is 0.726. The average Bonchev–Trinajstić information content (AvgIpc) is 2.78. The van der Waals surface area contributed by atoms with Gasteiger partial charge in [-0.1, -0.05) is 13.8 Å². The summed E-state index contributed by atoms with van der Waals surface area (Å²) in [6.45, 7) is 7.61. The van der Waals surface area contributed by atoms with Crippen molar-refractivity contribution in [3.63, 3.8) is 0 Å². The number of carbonyl (C=O) groups is 1. The number of hydrogen-bond acceptors (Lipinski definition) is 3. The van der Waals surface area contributed by atoms with Crippen LogP contribution < -0.4 is 10.6 Å². The van der Waals surface area contributed by atoms with Crippen molar-refractivity contribution in [3.05, 3.63) is 22.4 Å². The van der Waals surface area contributed by atoms with Gasteiger partial charge in [0, 0.05) is 12.6 Å². The molecule has 0 aromatic carbocycles. The summed E-state index contributed by atoms with van der Waals surface area (Å²) in [7, 11) is 0. The van der Waals surface area contributed by atoms with Gasteiger partial charge < -0.3 is 10.6 Å². The van der Waals surface area contributed by atoms with Gasteiger partial charge >= 0.3 is 0 Å². The van der Waals surface area contributed by atoms with Crippen molar-refractivity contribution in [1.82, 2.24) is 10.6 Å². The van der Waals surface area contributed by atoms with Gasteiger partial charge in [-0.05, 0) is 48.1 Å². The first-order chi connectivity index (χ1) is 8.58. The molecule has 0 saturated heterocycles. The molecule has 1 heterocycles. The molecule has 3 nitrogen and oxygen atoms in total. The zero-order chi connectivity index (χ0) is 13.4. The molecule has 1 aromatic heterocycles. The van der Waals surface area contributed by atoms with Crippen molar-refractivity contribution in [2.45, 2.75) is 39.7 Å². The Balaban J connectivity index is 2.10. The van der Waals surface area contributed by atoms with E-state index in [4.69, 9.17) is 0 Å². The Bertz CT molecular complexity index is 336. The van der Waals surface area contributed by atoms with Crippen molar-refractivity contribution in [2.24, 2.45) is 5.92 Å². The molecule has 4 heteroatoms. The van der Waals surface area contributed by atoms with Crippen molar-refractivity contribution in [3.8, 4) is 0 Å². The Morgan fingerprint density at radius 2 is 2.17 bits per heavy atom. The summed E-state index contributed by atoms with van der Waals surface area (Å²) in [5, 5.41) is 10.4. The standard InChI is InChI=1S/C14H24N2OS/c1-11(2)4-6-15-14(17)9-16-12(3)8-13-5-7-18-10-13/h5,7,10-12,16H,4,6,8-9H2,1-3H3,(H,15,17). The molecule has 18 heavy (non-hydrogen) atoms. The highest BCUT2D eigenvalue weighted by atomic mass is 32.1. The molecule has 0 aliphatic carbocycles. The first-order valence-electron chi connectivity index (χ1n) is 6.59. The van der Waals surface area contributed by atoms with Crippen LogP contribution in [0.2, 0.25) is 0 Å². The molecule has 1 unspecified atom stereocenters. The minimum atomic E-state index is 0.0906. The molecule has 0 fully saturated rings. The van der Waals surface area contributed by atoms with E-state index in [0.717, 1.165) is 19.4 Å². The fourth-order valence-electron chi connectivity index (χ4n) is 1.66. The van der Waals surface area contributed by atoms with Crippen molar-refractivity contribution >= 4 is 17.2 Å². The quantitative estimate of drug-likeness (QED) is 0.760. The molecule has 0 radical (unpaired) electrons. The lowest BCUT2D eigenvalue weighted by Crippen LogP contribution is -2.39. The molecular weight excluding hydrogens is 244 g/mol. The third-order valence-corrected chi connectivity index (χ3v) is 3.51. The average molecular weight is 268 g/mol. The SMILES string of the molecule is CC(C)CCNC(=O)CNC(C)Cc1ccsc1. The van der Waals surface area contributed by atoms with Crippen molar-refractivity contribution in [1.29, 1.82) is 0 Å². The van der Waals surface area contributed by atoms with Crippen LogP contribution in [0.3, 0.4) is 0 Å². The number of hydrogen-bond donors (Lipinski definition) is 2. The van der Waals surface area contributed by atoms with Gasteiger partial charge in [0.2, 0.25) is 5.91 Å². The third kappa shape index (κ3) is 6.77. The van der Waals surface area contributed by atoms with E-state index < -0.39 is 0 Å². The highest BCUT2D eigenvalue weighted by Gasteiger charge is 2.06. The minimum absolute atomic E-state index is 0.0906. The second kappa shape index (κ2) is 8.27. The van der Waals surface area contributed by atoms with E-state index in [1.165, 1.54) is 5.56 Å². The van der Waals surface area contributed by atoms with Crippen LogP contribution in [0.15, 0.2) is 16.8 Å². The van der Waals surface area contributed by atoms with E-state index in [1.807, 2.05) is 0 Å². The highest BCUT2D eigenvalue weighted by molar-refractivity contribution is 7.07. The Kier molecular flexibility index (Phi) is 6.98. The topological polar surface area (TPSA) is 41.1 Å². The van der Waals surface area contributed by atoms with E-state index in [2.05, 4.69) is 48.2 Å². The van der Waals surface area contributed by atoms with Crippen LogP contribution in [0.25, 0.3) is 0 Å². The highest BCUT2D eigenvalue weighted by Crippen LogP contribution is 2.08. The van der Waals surface area contributed by atoms with E-state index >= 15 is 0 Å². The molecule has 102 valence electrons. The van der Waals surface area contributed by atoms with Gasteiger partial charge in [0.1, 0.15) is 0 Å². The molecule has 1 atom stereocenters. The van der Waals surface area contributed by atoms with Crippen molar-refractivity contribution < 1.29 is 4.79 Å². The summed E-state index contributed by atoms with van der Waals surface area (Å²) in [4.78, 5) is 11.6. The normalized spacial score (nSPS) is 12.7. The molecule has 1 rings (SSSR count). The molecule has 0 aliphatic heterocycles. The number of nitrogens with one attached hydrogen (secondary N) is 2. The maximum atomic E-state index is 11.6. The molecule has 0 aliphatic rings.